The van der Waals surface area contributed by atoms with Gasteiger partial charge in [-0.05, 0) is 157 Å². The summed E-state index contributed by atoms with van der Waals surface area (Å²) in [6.45, 7) is 5.25. The first-order valence-corrected chi connectivity index (χ1v) is 25.1. The number of urea groups is 3. The lowest BCUT2D eigenvalue weighted by molar-refractivity contribution is 0.261. The average Bonchev–Trinajstić information content (AvgIpc) is 2.85. The molecule has 0 bridgehead atoms. The summed E-state index contributed by atoms with van der Waals surface area (Å²) in [5.41, 5.74) is 26.3. The van der Waals surface area contributed by atoms with Crippen molar-refractivity contribution >= 4 is 87.1 Å². The number of nitrogens with zero attached hydrogens (tertiary/aromatic N) is 14. The highest BCUT2D eigenvalue weighted by Gasteiger charge is 2.21. The van der Waals surface area contributed by atoms with Crippen LogP contribution in [0.15, 0.2) is 128 Å². The largest absolute Gasteiger partial charge is 0.380 e. The van der Waals surface area contributed by atoms with Crippen LogP contribution >= 0.6 is 0 Å². The number of hydrogen-bond donors (Lipinski definition) is 9. The molecular weight excluding hydrogens is 1090 g/mol. The Labute approximate surface area is 470 Å². The fourth-order valence-corrected chi connectivity index (χ4v) is 9.39. The van der Waals surface area contributed by atoms with Crippen LogP contribution in [-0.2, 0) is 0 Å². The second kappa shape index (κ2) is 21.1. The number of nitrogens with two attached hydrogens (primary N) is 3. The van der Waals surface area contributed by atoms with Gasteiger partial charge in [-0.1, -0.05) is 11.3 Å². The van der Waals surface area contributed by atoms with E-state index in [1.807, 2.05) is 0 Å². The topological polar surface area (TPSA) is 356 Å². The zero-order valence-corrected chi connectivity index (χ0v) is 44.0. The molecule has 12 N–H and O–H groups in total. The molecule has 9 aromatic heterocycles. The van der Waals surface area contributed by atoms with Gasteiger partial charge in [-0.25, -0.2) is 42.0 Å². The van der Waals surface area contributed by atoms with E-state index in [0.717, 1.165) is 5.56 Å². The van der Waals surface area contributed by atoms with Crippen molar-refractivity contribution < 1.29 is 27.6 Å². The van der Waals surface area contributed by atoms with Crippen LogP contribution in [0.2, 0.25) is 0 Å². The zero-order chi connectivity index (χ0) is 58.5. The van der Waals surface area contributed by atoms with E-state index in [2.05, 4.69) is 87.8 Å². The monoisotopic (exact) mass is 1130 g/mol. The number of amides is 6. The van der Waals surface area contributed by atoms with Crippen molar-refractivity contribution in [1.82, 2.24) is 69.2 Å². The number of nitrogen functional groups attached to an aromatic ring is 3. The Morgan fingerprint density at radius 3 is 1.74 bits per heavy atom. The standard InChI is InChI=1S/C55H42F3N23O3/c1-25-6-9-35(56)39(13-25)66-53(82)65-31-8-10-38(62-23-31)44-17-30(19-47-73-76-51(61)81(44)47)34-21-36(57)40(14-27(34)3)67-54(83)69-45-11-7-28(22-63-45)43-16-29(18-46-72-75-50(60)80(43)46)33-20-37(58)41(15-26(33)2)68-55(84)70-52-64-24-42(71-77-52)32-5-4-12-79-48(32)49(59)74-78-79/h4-24H,59H2,1-3H3,(H2,60,75)(H2,61,76)(H2,65,66,82)(H2,63,67,69,83)(H2,64,68,70,77,84). The molecule has 0 radical (unpaired) electrons. The molecule has 29 heteroatoms. The number of benzene rings is 3. The highest BCUT2D eigenvalue weighted by atomic mass is 19.1. The molecule has 0 unspecified atom stereocenters. The third kappa shape index (κ3) is 10.2. The van der Waals surface area contributed by atoms with E-state index in [4.69, 9.17) is 17.2 Å². The van der Waals surface area contributed by atoms with Gasteiger partial charge in [-0.15, -0.1) is 35.7 Å². The molecule has 0 aliphatic heterocycles. The number of aromatic nitrogens is 14. The fraction of sp³-hybridized carbons (Fsp3) is 0.0545. The predicted octanol–water partition coefficient (Wildman–Crippen LogP) is 9.15. The molecule has 0 fully saturated rings. The first-order valence-electron chi connectivity index (χ1n) is 25.1. The second-order valence-corrected chi connectivity index (χ2v) is 19.0. The minimum absolute atomic E-state index is 0.0169. The van der Waals surface area contributed by atoms with Crippen LogP contribution in [0.3, 0.4) is 0 Å². The van der Waals surface area contributed by atoms with Crippen molar-refractivity contribution in [3.63, 3.8) is 0 Å². The van der Waals surface area contributed by atoms with Gasteiger partial charge in [0.05, 0.1) is 52.2 Å². The predicted molar refractivity (Wildman–Crippen MR) is 307 cm³/mol. The third-order valence-electron chi connectivity index (χ3n) is 13.3. The molecule has 416 valence electrons. The van der Waals surface area contributed by atoms with Gasteiger partial charge in [0.15, 0.2) is 17.1 Å². The lowest BCUT2D eigenvalue weighted by Gasteiger charge is -2.15. The molecule has 26 nitrogen and oxygen atoms in total. The van der Waals surface area contributed by atoms with E-state index >= 15 is 8.78 Å². The van der Waals surface area contributed by atoms with Gasteiger partial charge < -0.3 is 38.5 Å². The quantitative estimate of drug-likeness (QED) is 0.0582. The Bertz CT molecular complexity index is 4630. The summed E-state index contributed by atoms with van der Waals surface area (Å²) in [6, 6.07) is 24.2. The lowest BCUT2D eigenvalue weighted by atomic mass is 9.98. The number of anilines is 9. The van der Waals surface area contributed by atoms with E-state index in [-0.39, 0.29) is 46.5 Å². The Morgan fingerprint density at radius 2 is 1.12 bits per heavy atom. The normalized spacial score (nSPS) is 11.3. The summed E-state index contributed by atoms with van der Waals surface area (Å²) in [6.07, 6.45) is 5.94. The molecular formula is C55H42F3N23O3. The maximum atomic E-state index is 16.0. The van der Waals surface area contributed by atoms with E-state index in [9.17, 15) is 18.8 Å². The van der Waals surface area contributed by atoms with E-state index in [1.165, 1.54) is 65.6 Å². The van der Waals surface area contributed by atoms with Crippen molar-refractivity contribution in [2.45, 2.75) is 20.8 Å². The average molecular weight is 1130 g/mol. The van der Waals surface area contributed by atoms with Crippen LogP contribution in [-0.4, -0.2) is 87.3 Å². The molecule has 9 heterocycles. The number of aryl methyl sites for hydroxylation is 3. The van der Waals surface area contributed by atoms with Crippen molar-refractivity contribution in [2.24, 2.45) is 0 Å². The van der Waals surface area contributed by atoms with E-state index in [0.29, 0.717) is 89.8 Å². The fourth-order valence-electron chi connectivity index (χ4n) is 9.39. The number of fused-ring (bicyclic) bond motifs is 3. The molecule has 0 atom stereocenters. The highest BCUT2D eigenvalue weighted by Crippen LogP contribution is 2.36. The zero-order valence-electron chi connectivity index (χ0n) is 44.0. The number of halogens is 3. The van der Waals surface area contributed by atoms with Gasteiger partial charge in [0.25, 0.3) is 5.95 Å². The molecule has 0 spiro atoms. The molecule has 12 rings (SSSR count). The Morgan fingerprint density at radius 1 is 0.488 bits per heavy atom. The Balaban J connectivity index is 0.717. The van der Waals surface area contributed by atoms with E-state index < -0.39 is 35.5 Å². The summed E-state index contributed by atoms with van der Waals surface area (Å²) in [7, 11) is 0. The van der Waals surface area contributed by atoms with Crippen molar-refractivity contribution in [3.8, 4) is 56.2 Å². The molecule has 0 saturated heterocycles. The summed E-state index contributed by atoms with van der Waals surface area (Å²) in [5, 5.41) is 47.7. The van der Waals surface area contributed by atoms with Gasteiger partial charge in [0.2, 0.25) is 11.9 Å². The molecule has 3 aromatic carbocycles. The van der Waals surface area contributed by atoms with Crippen LogP contribution < -0.4 is 49.1 Å². The minimum atomic E-state index is -0.829. The SMILES string of the molecule is Cc1ccc(F)c(NC(=O)Nc2ccc(-c3cc(-c4cc(F)c(NC(=O)Nc5ccc(-c6cc(-c7cc(F)c(NC(=O)Nc8ncc(-c9cccn%10nnc(N)c9%10)nn8)cc7C)cc7nnc(N)n67)cn5)cc4C)cc4nnc(N)n34)nc2)c1. The Hall–Kier alpha value is -12.2. The second-order valence-electron chi connectivity index (χ2n) is 19.0. The number of carbonyl (C=O) groups is 3. The smallest absolute Gasteiger partial charge is 0.326 e. The van der Waals surface area contributed by atoms with Crippen molar-refractivity contribution in [3.05, 3.63) is 162 Å². The number of pyridine rings is 5. The molecule has 0 aliphatic carbocycles. The first kappa shape index (κ1) is 52.5. The van der Waals surface area contributed by atoms with Crippen LogP contribution in [0, 0.1) is 38.2 Å². The maximum Gasteiger partial charge on any atom is 0.326 e. The van der Waals surface area contributed by atoms with Crippen molar-refractivity contribution in [1.29, 1.82) is 0 Å². The summed E-state index contributed by atoms with van der Waals surface area (Å²) < 4.78 is 50.8. The minimum Gasteiger partial charge on any atom is -0.380 e. The van der Waals surface area contributed by atoms with Crippen LogP contribution in [0.25, 0.3) is 73.0 Å². The van der Waals surface area contributed by atoms with Gasteiger partial charge >= 0.3 is 18.1 Å². The summed E-state index contributed by atoms with van der Waals surface area (Å²) in [5.74, 6) is -1.84. The van der Waals surface area contributed by atoms with Crippen LogP contribution in [0.4, 0.5) is 79.8 Å². The van der Waals surface area contributed by atoms with Crippen LogP contribution in [0.5, 0.6) is 0 Å². The number of rotatable bonds is 11. The number of carbonyl (C=O) groups excluding carboxylic acids is 3. The number of nitrogens with one attached hydrogen (secondary N) is 6. The Kier molecular flexibility index (Phi) is 13.2. The van der Waals surface area contributed by atoms with Crippen molar-refractivity contribution in [2.75, 3.05) is 49.1 Å². The van der Waals surface area contributed by atoms with Crippen LogP contribution in [0.1, 0.15) is 16.7 Å². The summed E-state index contributed by atoms with van der Waals surface area (Å²) >= 11 is 0. The first-order chi connectivity index (χ1) is 40.5. The third-order valence-corrected chi connectivity index (χ3v) is 13.3. The molecule has 0 aliphatic rings. The van der Waals surface area contributed by atoms with Gasteiger partial charge in [0, 0.05) is 23.5 Å². The lowest BCUT2D eigenvalue weighted by Crippen LogP contribution is -2.22. The molecule has 84 heavy (non-hydrogen) atoms. The molecule has 0 saturated carbocycles. The molecule has 12 aromatic rings. The van der Waals surface area contributed by atoms with Gasteiger partial charge in [-0.3, -0.25) is 24.4 Å². The maximum absolute atomic E-state index is 16.0. The number of hydrogen-bond acceptors (Lipinski definition) is 17. The highest BCUT2D eigenvalue weighted by molar-refractivity contribution is 6.01. The summed E-state index contributed by atoms with van der Waals surface area (Å²) in [4.78, 5) is 52.3. The van der Waals surface area contributed by atoms with E-state index in [1.54, 1.807) is 96.4 Å². The van der Waals surface area contributed by atoms with Gasteiger partial charge in [0.1, 0.15) is 34.5 Å². The molecule has 6 amide bonds. The van der Waals surface area contributed by atoms with Gasteiger partial charge in [-0.2, -0.15) is 0 Å².